The number of phenols is 1. The second-order valence-electron chi connectivity index (χ2n) is 3.42. The maximum absolute atomic E-state index is 9.53. The average molecular weight is 220 g/mol. The third-order valence-electron chi connectivity index (χ3n) is 2.08. The number of aromatic hydroxyl groups is 1. The van der Waals surface area contributed by atoms with Crippen LogP contribution in [0.5, 0.6) is 5.75 Å². The summed E-state index contributed by atoms with van der Waals surface area (Å²) in [5.74, 6) is 0.299. The fraction of sp³-hybridized carbons (Fsp3) is 0.182. The first kappa shape index (κ1) is 9.98. The summed E-state index contributed by atoms with van der Waals surface area (Å²) >= 11 is 1.55. The van der Waals surface area contributed by atoms with Gasteiger partial charge in [0, 0.05) is 17.1 Å². The van der Waals surface area contributed by atoms with Gasteiger partial charge in [-0.1, -0.05) is 6.07 Å². The van der Waals surface area contributed by atoms with Crippen molar-refractivity contribution in [2.75, 3.05) is 5.32 Å². The summed E-state index contributed by atoms with van der Waals surface area (Å²) in [4.78, 5) is 4.28. The van der Waals surface area contributed by atoms with Gasteiger partial charge in [0.2, 0.25) is 0 Å². The van der Waals surface area contributed by atoms with Gasteiger partial charge in [0.05, 0.1) is 5.69 Å². The molecule has 2 aromatic rings. The number of phenolic OH excluding ortho intramolecular Hbond substituents is 1. The quantitative estimate of drug-likeness (QED) is 0.816. The number of rotatable bonds is 2. The molecule has 1 heterocycles. The summed E-state index contributed by atoms with van der Waals surface area (Å²) in [5.41, 5.74) is 2.72. The number of aromatic nitrogens is 1. The number of hydrogen-bond donors (Lipinski definition) is 2. The lowest BCUT2D eigenvalue weighted by Gasteiger charge is -2.04. The highest BCUT2D eigenvalue weighted by atomic mass is 32.1. The summed E-state index contributed by atoms with van der Waals surface area (Å²) < 4.78 is 0. The van der Waals surface area contributed by atoms with Crippen molar-refractivity contribution in [3.05, 3.63) is 34.8 Å². The predicted octanol–water partition coefficient (Wildman–Crippen LogP) is 3.21. The maximum atomic E-state index is 9.53. The number of benzene rings is 1. The van der Waals surface area contributed by atoms with Crippen molar-refractivity contribution in [3.63, 3.8) is 0 Å². The lowest BCUT2D eigenvalue weighted by atomic mass is 10.2. The van der Waals surface area contributed by atoms with Crippen LogP contribution in [0, 0.1) is 13.8 Å². The van der Waals surface area contributed by atoms with Crippen LogP contribution in [0.4, 0.5) is 10.8 Å². The van der Waals surface area contributed by atoms with Gasteiger partial charge in [0.1, 0.15) is 5.75 Å². The molecule has 2 rings (SSSR count). The van der Waals surface area contributed by atoms with E-state index in [0.717, 1.165) is 22.1 Å². The lowest BCUT2D eigenvalue weighted by molar-refractivity contribution is 0.471. The van der Waals surface area contributed by atoms with Crippen LogP contribution in [0.15, 0.2) is 23.6 Å². The van der Waals surface area contributed by atoms with Gasteiger partial charge in [-0.25, -0.2) is 4.98 Å². The predicted molar refractivity (Wildman–Crippen MR) is 63.0 cm³/mol. The van der Waals surface area contributed by atoms with Crippen molar-refractivity contribution in [3.8, 4) is 5.75 Å². The SMILES string of the molecule is Cc1csc(Nc2ccc(C)c(O)c2)n1. The Hall–Kier alpha value is -1.55. The van der Waals surface area contributed by atoms with E-state index in [1.165, 1.54) is 0 Å². The highest BCUT2D eigenvalue weighted by molar-refractivity contribution is 7.13. The van der Waals surface area contributed by atoms with E-state index in [9.17, 15) is 5.11 Å². The molecule has 0 spiro atoms. The molecule has 1 aromatic carbocycles. The van der Waals surface area contributed by atoms with Crippen LogP contribution < -0.4 is 5.32 Å². The second kappa shape index (κ2) is 3.90. The molecule has 2 N–H and O–H groups in total. The fourth-order valence-electron chi connectivity index (χ4n) is 1.22. The van der Waals surface area contributed by atoms with Crippen LogP contribution in [0.3, 0.4) is 0 Å². The molecule has 15 heavy (non-hydrogen) atoms. The van der Waals surface area contributed by atoms with Crippen LogP contribution in [0.2, 0.25) is 0 Å². The molecule has 3 nitrogen and oxygen atoms in total. The standard InChI is InChI=1S/C11H12N2OS/c1-7-3-4-9(5-10(7)14)13-11-12-8(2)6-15-11/h3-6,14H,1-2H3,(H,12,13). The van der Waals surface area contributed by atoms with Crippen molar-refractivity contribution in [2.45, 2.75) is 13.8 Å². The molecule has 0 unspecified atom stereocenters. The van der Waals surface area contributed by atoms with E-state index in [1.54, 1.807) is 17.4 Å². The Balaban J connectivity index is 2.21. The Morgan fingerprint density at radius 3 is 2.73 bits per heavy atom. The first-order valence-corrected chi connectivity index (χ1v) is 5.52. The molecule has 0 atom stereocenters. The average Bonchev–Trinajstić information content (AvgIpc) is 2.58. The van der Waals surface area contributed by atoms with Crippen molar-refractivity contribution >= 4 is 22.2 Å². The highest BCUT2D eigenvalue weighted by Gasteiger charge is 2.01. The van der Waals surface area contributed by atoms with Crippen molar-refractivity contribution in [1.82, 2.24) is 4.98 Å². The summed E-state index contributed by atoms with van der Waals surface area (Å²) in [6.07, 6.45) is 0. The molecule has 0 radical (unpaired) electrons. The van der Waals surface area contributed by atoms with Gasteiger partial charge in [-0.05, 0) is 25.5 Å². The first-order valence-electron chi connectivity index (χ1n) is 4.64. The molecule has 0 aliphatic heterocycles. The first-order chi connectivity index (χ1) is 7.15. The lowest BCUT2D eigenvalue weighted by Crippen LogP contribution is -1.89. The molecule has 0 aliphatic rings. The number of nitrogens with one attached hydrogen (secondary N) is 1. The fourth-order valence-corrected chi connectivity index (χ4v) is 1.93. The van der Waals surface area contributed by atoms with E-state index in [-0.39, 0.29) is 0 Å². The van der Waals surface area contributed by atoms with Gasteiger partial charge >= 0.3 is 0 Å². The second-order valence-corrected chi connectivity index (χ2v) is 4.28. The normalized spacial score (nSPS) is 10.3. The van der Waals surface area contributed by atoms with Gasteiger partial charge in [-0.15, -0.1) is 11.3 Å². The van der Waals surface area contributed by atoms with Crippen molar-refractivity contribution in [2.24, 2.45) is 0 Å². The molecule has 0 aliphatic carbocycles. The van der Waals surface area contributed by atoms with Crippen LogP contribution in [-0.2, 0) is 0 Å². The van der Waals surface area contributed by atoms with Crippen LogP contribution in [0.1, 0.15) is 11.3 Å². The molecular formula is C11H12N2OS. The van der Waals surface area contributed by atoms with E-state index >= 15 is 0 Å². The minimum atomic E-state index is 0.299. The molecule has 0 saturated heterocycles. The van der Waals surface area contributed by atoms with Crippen molar-refractivity contribution < 1.29 is 5.11 Å². The minimum Gasteiger partial charge on any atom is -0.508 e. The molecule has 4 heteroatoms. The third-order valence-corrected chi connectivity index (χ3v) is 2.95. The van der Waals surface area contributed by atoms with E-state index in [2.05, 4.69) is 10.3 Å². The molecule has 0 saturated carbocycles. The van der Waals surface area contributed by atoms with E-state index < -0.39 is 0 Å². The smallest absolute Gasteiger partial charge is 0.187 e. The molecular weight excluding hydrogens is 208 g/mol. The Bertz CT molecular complexity index is 479. The molecule has 78 valence electrons. The summed E-state index contributed by atoms with van der Waals surface area (Å²) in [6.45, 7) is 3.82. The van der Waals surface area contributed by atoms with E-state index in [0.29, 0.717) is 5.75 Å². The minimum absolute atomic E-state index is 0.299. The summed E-state index contributed by atoms with van der Waals surface area (Å²) in [7, 11) is 0. The number of aryl methyl sites for hydroxylation is 2. The zero-order valence-electron chi connectivity index (χ0n) is 8.61. The third kappa shape index (κ3) is 2.27. The number of nitrogens with zero attached hydrogens (tertiary/aromatic N) is 1. The van der Waals surface area contributed by atoms with Crippen LogP contribution in [0.25, 0.3) is 0 Å². The topological polar surface area (TPSA) is 45.1 Å². The molecule has 1 aromatic heterocycles. The Labute approximate surface area is 92.4 Å². The Morgan fingerprint density at radius 2 is 2.13 bits per heavy atom. The number of hydrogen-bond acceptors (Lipinski definition) is 4. The van der Waals surface area contributed by atoms with Gasteiger partial charge in [0.15, 0.2) is 5.13 Å². The van der Waals surface area contributed by atoms with Crippen LogP contribution in [-0.4, -0.2) is 10.1 Å². The van der Waals surface area contributed by atoms with Gasteiger partial charge < -0.3 is 10.4 Å². The number of anilines is 2. The zero-order valence-corrected chi connectivity index (χ0v) is 9.43. The monoisotopic (exact) mass is 220 g/mol. The molecule has 0 fully saturated rings. The van der Waals surface area contributed by atoms with Gasteiger partial charge in [0.25, 0.3) is 0 Å². The number of thiazole rings is 1. The summed E-state index contributed by atoms with van der Waals surface area (Å²) in [5, 5.41) is 15.5. The Kier molecular flexibility index (Phi) is 2.60. The van der Waals surface area contributed by atoms with Crippen molar-refractivity contribution in [1.29, 1.82) is 0 Å². The summed E-state index contributed by atoms with van der Waals surface area (Å²) in [6, 6.07) is 5.50. The zero-order chi connectivity index (χ0) is 10.8. The highest BCUT2D eigenvalue weighted by Crippen LogP contribution is 2.25. The van der Waals surface area contributed by atoms with Gasteiger partial charge in [-0.3, -0.25) is 0 Å². The molecule has 0 amide bonds. The van der Waals surface area contributed by atoms with E-state index in [1.807, 2.05) is 31.4 Å². The molecule has 0 bridgehead atoms. The van der Waals surface area contributed by atoms with Crippen LogP contribution >= 0.6 is 11.3 Å². The Morgan fingerprint density at radius 1 is 1.33 bits per heavy atom. The van der Waals surface area contributed by atoms with Gasteiger partial charge in [-0.2, -0.15) is 0 Å². The van der Waals surface area contributed by atoms with E-state index in [4.69, 9.17) is 0 Å². The maximum Gasteiger partial charge on any atom is 0.187 e. The largest absolute Gasteiger partial charge is 0.508 e.